The van der Waals surface area contributed by atoms with Gasteiger partial charge in [0.05, 0.1) is 22.9 Å². The van der Waals surface area contributed by atoms with Gasteiger partial charge in [-0.2, -0.15) is 10.1 Å². The number of benzene rings is 1. The maximum absolute atomic E-state index is 14.2. The summed E-state index contributed by atoms with van der Waals surface area (Å²) in [6.45, 7) is 3.34. The highest BCUT2D eigenvalue weighted by atomic mass is 19.1. The largest absolute Gasteiger partial charge is 0.512 e. The molecule has 10 nitrogen and oxygen atoms in total. The molecule has 0 saturated carbocycles. The predicted octanol–water partition coefficient (Wildman–Crippen LogP) is 3.36. The van der Waals surface area contributed by atoms with E-state index in [0.717, 1.165) is 0 Å². The van der Waals surface area contributed by atoms with E-state index in [0.29, 0.717) is 16.6 Å². The number of aromatic nitrogens is 5. The van der Waals surface area contributed by atoms with Crippen molar-refractivity contribution in [3.63, 3.8) is 0 Å². The van der Waals surface area contributed by atoms with Gasteiger partial charge in [-0.05, 0) is 32.0 Å². The molecule has 0 atom stereocenters. The van der Waals surface area contributed by atoms with Gasteiger partial charge in [-0.15, -0.1) is 0 Å². The average molecular weight is 448 g/mol. The summed E-state index contributed by atoms with van der Waals surface area (Å²) in [5.74, 6) is -0.822. The van der Waals surface area contributed by atoms with E-state index >= 15 is 0 Å². The Bertz CT molecular complexity index is 1450. The van der Waals surface area contributed by atoms with Crippen LogP contribution in [0.1, 0.15) is 25.0 Å². The van der Waals surface area contributed by atoms with Crippen LogP contribution in [-0.4, -0.2) is 41.9 Å². The molecule has 4 aromatic rings. The van der Waals surface area contributed by atoms with Gasteiger partial charge < -0.3 is 15.2 Å². The van der Waals surface area contributed by atoms with E-state index in [-0.39, 0.29) is 47.0 Å². The third kappa shape index (κ3) is 3.34. The third-order valence-electron chi connectivity index (χ3n) is 5.48. The molecule has 0 unspecified atom stereocenters. The van der Waals surface area contributed by atoms with E-state index in [2.05, 4.69) is 25.4 Å². The van der Waals surface area contributed by atoms with Crippen LogP contribution in [0.25, 0.3) is 22.6 Å². The van der Waals surface area contributed by atoms with Crippen molar-refractivity contribution in [1.29, 1.82) is 0 Å². The Morgan fingerprint density at radius 2 is 2.00 bits per heavy atom. The summed E-state index contributed by atoms with van der Waals surface area (Å²) in [7, 11) is 0. The predicted molar refractivity (Wildman–Crippen MR) is 114 cm³/mol. The number of carboxylic acid groups (broad SMARTS) is 1. The highest BCUT2D eigenvalue weighted by Crippen LogP contribution is 2.42. The fraction of sp³-hybridized carbons (Fsp3) is 0.182. The number of pyridine rings is 1. The Balaban J connectivity index is 1.69. The normalized spacial score (nSPS) is 14.2. The second-order valence-corrected chi connectivity index (χ2v) is 8.00. The van der Waals surface area contributed by atoms with E-state index < -0.39 is 11.6 Å². The van der Waals surface area contributed by atoms with E-state index in [1.165, 1.54) is 10.7 Å². The van der Waals surface area contributed by atoms with Gasteiger partial charge >= 0.3 is 6.16 Å². The Morgan fingerprint density at radius 3 is 2.76 bits per heavy atom. The van der Waals surface area contributed by atoms with Crippen LogP contribution < -0.4 is 10.1 Å². The van der Waals surface area contributed by atoms with E-state index in [4.69, 9.17) is 4.74 Å². The minimum Gasteiger partial charge on any atom is -0.449 e. The molecule has 3 aromatic heterocycles. The minimum atomic E-state index is -1.58. The fourth-order valence-electron chi connectivity index (χ4n) is 3.81. The van der Waals surface area contributed by atoms with Crippen LogP contribution in [0.4, 0.5) is 15.0 Å². The van der Waals surface area contributed by atoms with Crippen LogP contribution in [0, 0.1) is 5.82 Å². The molecule has 33 heavy (non-hydrogen) atoms. The molecule has 0 aliphatic carbocycles. The summed E-state index contributed by atoms with van der Waals surface area (Å²) in [5, 5.41) is 17.0. The van der Waals surface area contributed by atoms with E-state index in [1.54, 1.807) is 50.4 Å². The number of carbonyl (C=O) groups excluding carboxylic acids is 1. The molecule has 0 bridgehead atoms. The van der Waals surface area contributed by atoms with Crippen molar-refractivity contribution in [1.82, 2.24) is 24.7 Å². The fourth-order valence-corrected chi connectivity index (χ4v) is 3.81. The Kier molecular flexibility index (Phi) is 4.55. The van der Waals surface area contributed by atoms with Crippen molar-refractivity contribution in [3.8, 4) is 17.4 Å². The Morgan fingerprint density at radius 1 is 1.21 bits per heavy atom. The summed E-state index contributed by atoms with van der Waals surface area (Å²) in [6.07, 6.45) is 0.00490. The lowest BCUT2D eigenvalue weighted by atomic mass is 9.87. The molecule has 11 heteroatoms. The van der Waals surface area contributed by atoms with Crippen LogP contribution in [0.15, 0.2) is 42.6 Å². The Hall–Kier alpha value is -4.41. The zero-order valence-electron chi connectivity index (χ0n) is 17.5. The molecule has 4 heterocycles. The Labute approximate surface area is 186 Å². The molecular formula is C22H17FN6O4. The first-order valence-corrected chi connectivity index (χ1v) is 9.96. The summed E-state index contributed by atoms with van der Waals surface area (Å²) < 4.78 is 20.7. The second-order valence-electron chi connectivity index (χ2n) is 8.00. The number of rotatable bonds is 4. The van der Waals surface area contributed by atoms with Crippen molar-refractivity contribution < 1.29 is 23.8 Å². The van der Waals surface area contributed by atoms with Crippen LogP contribution >= 0.6 is 0 Å². The standard InChI is InChI=1S/C22H17FN6O4/c1-22(2)14-16(27-20(22)30)25-17(26-19(14)33-21(31)32)15-12-7-5-9-24-18(12)29(28-15)10-11-6-3-4-8-13(11)23/h3-9H,10H2,1-2H3,(H,31,32)(H,25,26,27,30). The van der Waals surface area contributed by atoms with Crippen LogP contribution in [0.3, 0.4) is 0 Å². The summed E-state index contributed by atoms with van der Waals surface area (Å²) in [5.41, 5.74) is 0.313. The topological polar surface area (TPSA) is 132 Å². The molecule has 0 fully saturated rings. The molecule has 2 N–H and O–H groups in total. The number of hydrogen-bond donors (Lipinski definition) is 2. The molecule has 1 aromatic carbocycles. The number of ether oxygens (including phenoxy) is 1. The number of fused-ring (bicyclic) bond motifs is 2. The first-order chi connectivity index (χ1) is 15.8. The average Bonchev–Trinajstić information content (AvgIpc) is 3.24. The smallest absolute Gasteiger partial charge is 0.449 e. The van der Waals surface area contributed by atoms with Crippen molar-refractivity contribution in [2.45, 2.75) is 25.8 Å². The van der Waals surface area contributed by atoms with Gasteiger partial charge in [-0.3, -0.25) is 4.79 Å². The van der Waals surface area contributed by atoms with Crippen molar-refractivity contribution in [2.24, 2.45) is 0 Å². The number of hydrogen-bond acceptors (Lipinski definition) is 7. The minimum absolute atomic E-state index is 0.0354. The lowest BCUT2D eigenvalue weighted by molar-refractivity contribution is -0.119. The first kappa shape index (κ1) is 20.5. The van der Waals surface area contributed by atoms with Gasteiger partial charge in [0.15, 0.2) is 11.5 Å². The SMILES string of the molecule is CC1(C)C(=O)Nc2nc(-c3nn(Cc4ccccc4F)c4ncccc34)nc(OC(=O)O)c21. The van der Waals surface area contributed by atoms with Gasteiger partial charge in [0.2, 0.25) is 11.8 Å². The summed E-state index contributed by atoms with van der Waals surface area (Å²) >= 11 is 0. The van der Waals surface area contributed by atoms with Gasteiger partial charge in [0.25, 0.3) is 0 Å². The molecule has 1 amide bonds. The number of nitrogens with one attached hydrogen (secondary N) is 1. The van der Waals surface area contributed by atoms with Crippen LogP contribution in [0.5, 0.6) is 5.88 Å². The quantitative estimate of drug-likeness (QED) is 0.454. The van der Waals surface area contributed by atoms with Gasteiger partial charge in [0, 0.05) is 11.8 Å². The molecule has 5 rings (SSSR count). The van der Waals surface area contributed by atoms with Gasteiger partial charge in [-0.25, -0.2) is 23.8 Å². The molecule has 1 aliphatic rings. The van der Waals surface area contributed by atoms with Crippen molar-refractivity contribution >= 4 is 28.9 Å². The summed E-state index contributed by atoms with van der Waals surface area (Å²) in [4.78, 5) is 36.8. The van der Waals surface area contributed by atoms with Gasteiger partial charge in [-0.1, -0.05) is 18.2 Å². The van der Waals surface area contributed by atoms with Crippen molar-refractivity contribution in [3.05, 3.63) is 59.5 Å². The second kappa shape index (κ2) is 7.33. The monoisotopic (exact) mass is 448 g/mol. The lowest BCUT2D eigenvalue weighted by Crippen LogP contribution is -2.27. The number of amides is 1. The highest BCUT2D eigenvalue weighted by molar-refractivity contribution is 6.06. The maximum atomic E-state index is 14.2. The van der Waals surface area contributed by atoms with Crippen molar-refractivity contribution in [2.75, 3.05) is 5.32 Å². The number of halogens is 1. The van der Waals surface area contributed by atoms with E-state index in [9.17, 15) is 19.1 Å². The first-order valence-electron chi connectivity index (χ1n) is 9.96. The van der Waals surface area contributed by atoms with Crippen LogP contribution in [-0.2, 0) is 16.8 Å². The maximum Gasteiger partial charge on any atom is 0.512 e. The lowest BCUT2D eigenvalue weighted by Gasteiger charge is -2.16. The molecule has 1 aliphatic heterocycles. The summed E-state index contributed by atoms with van der Waals surface area (Å²) in [6, 6.07) is 9.78. The number of nitrogens with zero attached hydrogens (tertiary/aromatic N) is 5. The molecular weight excluding hydrogens is 431 g/mol. The molecule has 0 spiro atoms. The molecule has 0 radical (unpaired) electrons. The third-order valence-corrected chi connectivity index (χ3v) is 5.48. The van der Waals surface area contributed by atoms with Gasteiger partial charge in [0.1, 0.15) is 17.3 Å². The zero-order valence-corrected chi connectivity index (χ0v) is 17.5. The molecule has 166 valence electrons. The zero-order chi connectivity index (χ0) is 23.3. The highest BCUT2D eigenvalue weighted by Gasteiger charge is 2.44. The number of carbonyl (C=O) groups is 2. The molecule has 0 saturated heterocycles. The van der Waals surface area contributed by atoms with Crippen LogP contribution in [0.2, 0.25) is 0 Å². The van der Waals surface area contributed by atoms with E-state index in [1.807, 2.05) is 0 Å². The number of anilines is 1.